The number of nitrogens with zero attached hydrogens (tertiary/aromatic N) is 3. The Morgan fingerprint density at radius 3 is 2.52 bits per heavy atom. The minimum Gasteiger partial charge on any atom is -0.338 e. The molecule has 0 aromatic heterocycles. The van der Waals surface area contributed by atoms with E-state index in [9.17, 15) is 4.79 Å². The molecule has 2 heterocycles. The van der Waals surface area contributed by atoms with E-state index in [4.69, 9.17) is 0 Å². The van der Waals surface area contributed by atoms with Gasteiger partial charge in [0.15, 0.2) is 0 Å². The lowest BCUT2D eigenvalue weighted by molar-refractivity contribution is 0.137. The summed E-state index contributed by atoms with van der Waals surface area (Å²) in [5.41, 5.74) is 0. The average molecular weight is 343 g/mol. The number of carbonyl (C=O) groups is 1. The molecule has 2 fully saturated rings. The number of urea groups is 1. The summed E-state index contributed by atoms with van der Waals surface area (Å²) in [5.74, 6) is 2.20. The molecule has 2 aliphatic rings. The van der Waals surface area contributed by atoms with Crippen molar-refractivity contribution in [1.82, 2.24) is 20.0 Å². The van der Waals surface area contributed by atoms with Crippen LogP contribution < -0.4 is 5.32 Å². The highest BCUT2D eigenvalue weighted by Gasteiger charge is 2.26. The van der Waals surface area contributed by atoms with Crippen LogP contribution >= 0.6 is 11.8 Å². The molecule has 0 bridgehead atoms. The predicted molar refractivity (Wildman–Crippen MR) is 99.2 cm³/mol. The van der Waals surface area contributed by atoms with Gasteiger partial charge in [-0.25, -0.2) is 4.79 Å². The van der Waals surface area contributed by atoms with E-state index in [1.54, 1.807) is 0 Å². The molecule has 0 saturated carbocycles. The van der Waals surface area contributed by atoms with Gasteiger partial charge in [0.05, 0.1) is 0 Å². The lowest BCUT2D eigenvalue weighted by Gasteiger charge is -2.35. The molecule has 0 spiro atoms. The molecule has 0 aliphatic carbocycles. The van der Waals surface area contributed by atoms with Crippen molar-refractivity contribution >= 4 is 17.8 Å². The number of thioether (sulfide) groups is 1. The molecule has 134 valence electrons. The third-order valence-electron chi connectivity index (χ3n) is 4.89. The maximum atomic E-state index is 12.4. The van der Waals surface area contributed by atoms with Gasteiger partial charge in [0.1, 0.15) is 0 Å². The Hall–Kier alpha value is -0.460. The molecule has 0 radical (unpaired) electrons. The number of nitrogens with one attached hydrogen (secondary N) is 1. The van der Waals surface area contributed by atoms with Crippen molar-refractivity contribution in [3.63, 3.8) is 0 Å². The number of likely N-dealkylation sites (N-methyl/N-ethyl adjacent to an activating group) is 1. The average Bonchev–Trinajstić information content (AvgIpc) is 2.55. The van der Waals surface area contributed by atoms with Gasteiger partial charge in [0, 0.05) is 63.4 Å². The zero-order valence-corrected chi connectivity index (χ0v) is 16.1. The Morgan fingerprint density at radius 2 is 1.87 bits per heavy atom. The van der Waals surface area contributed by atoms with Crippen molar-refractivity contribution in [3.8, 4) is 0 Å². The highest BCUT2D eigenvalue weighted by Crippen LogP contribution is 2.24. The zero-order chi connectivity index (χ0) is 16.8. The second kappa shape index (κ2) is 9.14. The van der Waals surface area contributed by atoms with Crippen LogP contribution in [-0.2, 0) is 0 Å². The number of rotatable bonds is 5. The van der Waals surface area contributed by atoms with E-state index in [1.807, 2.05) is 16.7 Å². The molecule has 2 atom stereocenters. The molecule has 2 aliphatic heterocycles. The van der Waals surface area contributed by atoms with Crippen LogP contribution in [0.15, 0.2) is 0 Å². The maximum absolute atomic E-state index is 12.4. The molecule has 6 heteroatoms. The molecular weight excluding hydrogens is 308 g/mol. The monoisotopic (exact) mass is 342 g/mol. The maximum Gasteiger partial charge on any atom is 0.317 e. The van der Waals surface area contributed by atoms with Crippen molar-refractivity contribution in [2.24, 2.45) is 11.8 Å². The van der Waals surface area contributed by atoms with E-state index in [1.165, 1.54) is 0 Å². The summed E-state index contributed by atoms with van der Waals surface area (Å²) < 4.78 is 0. The largest absolute Gasteiger partial charge is 0.338 e. The van der Waals surface area contributed by atoms with Gasteiger partial charge in [-0.1, -0.05) is 20.8 Å². The molecule has 0 unspecified atom stereocenters. The van der Waals surface area contributed by atoms with Crippen LogP contribution in [0, 0.1) is 11.8 Å². The smallest absolute Gasteiger partial charge is 0.317 e. The van der Waals surface area contributed by atoms with Gasteiger partial charge in [0.25, 0.3) is 0 Å². The SMILES string of the molecule is CC(C)[C@@H]1CN(C(=O)NC[C@H](C)CN2CCN(C)CC2)CCS1. The van der Waals surface area contributed by atoms with E-state index in [0.717, 1.165) is 58.1 Å². The molecule has 1 N–H and O–H groups in total. The van der Waals surface area contributed by atoms with Crippen LogP contribution in [0.3, 0.4) is 0 Å². The molecular formula is C17H34N4OS. The van der Waals surface area contributed by atoms with Crippen LogP contribution in [0.4, 0.5) is 4.79 Å². The lowest BCUT2D eigenvalue weighted by atomic mass is 10.1. The fraction of sp³-hybridized carbons (Fsp3) is 0.941. The van der Waals surface area contributed by atoms with Gasteiger partial charge in [0.2, 0.25) is 0 Å². The van der Waals surface area contributed by atoms with Gasteiger partial charge >= 0.3 is 6.03 Å². The second-order valence-electron chi connectivity index (χ2n) is 7.49. The Labute approximate surface area is 146 Å². The number of carbonyl (C=O) groups excluding carboxylic acids is 1. The van der Waals surface area contributed by atoms with Crippen LogP contribution in [0.1, 0.15) is 20.8 Å². The Kier molecular flexibility index (Phi) is 7.50. The highest BCUT2D eigenvalue weighted by atomic mass is 32.2. The Balaban J connectivity index is 1.67. The summed E-state index contributed by atoms with van der Waals surface area (Å²) in [7, 11) is 2.18. The summed E-state index contributed by atoms with van der Waals surface area (Å²) in [4.78, 5) is 19.3. The first-order chi connectivity index (χ1) is 11.0. The topological polar surface area (TPSA) is 38.8 Å². The first-order valence-corrected chi connectivity index (χ1v) is 10.1. The molecule has 0 aromatic carbocycles. The Bertz CT molecular complexity index is 372. The van der Waals surface area contributed by atoms with Crippen LogP contribution in [0.5, 0.6) is 0 Å². The van der Waals surface area contributed by atoms with Crippen molar-refractivity contribution < 1.29 is 4.79 Å². The highest BCUT2D eigenvalue weighted by molar-refractivity contribution is 8.00. The minimum atomic E-state index is 0.126. The van der Waals surface area contributed by atoms with Crippen molar-refractivity contribution in [2.75, 3.05) is 65.2 Å². The number of piperazine rings is 1. The van der Waals surface area contributed by atoms with E-state index in [-0.39, 0.29) is 6.03 Å². The molecule has 23 heavy (non-hydrogen) atoms. The van der Waals surface area contributed by atoms with Crippen LogP contribution in [0.25, 0.3) is 0 Å². The van der Waals surface area contributed by atoms with Crippen LogP contribution in [0.2, 0.25) is 0 Å². The summed E-state index contributed by atoms with van der Waals surface area (Å²) in [5, 5.41) is 3.73. The predicted octanol–water partition coefficient (Wildman–Crippen LogP) is 1.65. The quantitative estimate of drug-likeness (QED) is 0.825. The van der Waals surface area contributed by atoms with Crippen molar-refractivity contribution in [3.05, 3.63) is 0 Å². The lowest BCUT2D eigenvalue weighted by Crippen LogP contribution is -2.50. The van der Waals surface area contributed by atoms with Gasteiger partial charge in [-0.3, -0.25) is 0 Å². The fourth-order valence-electron chi connectivity index (χ4n) is 3.17. The molecule has 2 rings (SSSR count). The van der Waals surface area contributed by atoms with Gasteiger partial charge in [-0.2, -0.15) is 11.8 Å². The summed E-state index contributed by atoms with van der Waals surface area (Å²) in [6.45, 7) is 15.0. The van der Waals surface area contributed by atoms with E-state index < -0.39 is 0 Å². The van der Waals surface area contributed by atoms with E-state index in [0.29, 0.717) is 17.1 Å². The zero-order valence-electron chi connectivity index (χ0n) is 15.3. The summed E-state index contributed by atoms with van der Waals surface area (Å²) in [6, 6.07) is 0.126. The fourth-order valence-corrected chi connectivity index (χ4v) is 4.47. The third-order valence-corrected chi connectivity index (χ3v) is 6.43. The molecule has 5 nitrogen and oxygen atoms in total. The van der Waals surface area contributed by atoms with Crippen molar-refractivity contribution in [1.29, 1.82) is 0 Å². The van der Waals surface area contributed by atoms with Gasteiger partial charge in [-0.15, -0.1) is 0 Å². The van der Waals surface area contributed by atoms with Crippen molar-refractivity contribution in [2.45, 2.75) is 26.0 Å². The number of hydrogen-bond acceptors (Lipinski definition) is 4. The first-order valence-electron chi connectivity index (χ1n) is 9.01. The Morgan fingerprint density at radius 1 is 1.17 bits per heavy atom. The van der Waals surface area contributed by atoms with Gasteiger partial charge in [-0.05, 0) is 18.9 Å². The van der Waals surface area contributed by atoms with Crippen LogP contribution in [-0.4, -0.2) is 91.1 Å². The number of hydrogen-bond donors (Lipinski definition) is 1. The van der Waals surface area contributed by atoms with Gasteiger partial charge < -0.3 is 20.0 Å². The van der Waals surface area contributed by atoms with E-state index in [2.05, 4.69) is 42.9 Å². The summed E-state index contributed by atoms with van der Waals surface area (Å²) in [6.07, 6.45) is 0. The standard InChI is InChI=1S/C17H34N4OS/c1-14(2)16-13-21(9-10-23-16)17(22)18-11-15(3)12-20-7-5-19(4)6-8-20/h14-16H,5-13H2,1-4H3,(H,18,22)/t15-,16-/m0/s1. The molecule has 2 amide bonds. The normalized spacial score (nSPS) is 25.6. The molecule has 0 aromatic rings. The third kappa shape index (κ3) is 6.16. The first kappa shape index (κ1) is 18.9. The summed E-state index contributed by atoms with van der Waals surface area (Å²) >= 11 is 2.01. The van der Waals surface area contributed by atoms with E-state index >= 15 is 0 Å². The minimum absolute atomic E-state index is 0.126. The number of amides is 2. The molecule has 2 saturated heterocycles. The second-order valence-corrected chi connectivity index (χ2v) is 8.84.